The number of hydrogen-bond donors (Lipinski definition) is 0. The van der Waals surface area contributed by atoms with Crippen LogP contribution in [0, 0.1) is 21.4 Å². The van der Waals surface area contributed by atoms with Gasteiger partial charge in [-0.25, -0.2) is 0 Å². The number of hydrogen-bond acceptors (Lipinski definition) is 6. The Labute approximate surface area is 139 Å². The predicted molar refractivity (Wildman–Crippen MR) is 89.5 cm³/mol. The first-order valence-corrected chi connectivity index (χ1v) is 7.72. The quantitative estimate of drug-likeness (QED) is 0.633. The first-order valence-electron chi connectivity index (χ1n) is 7.72. The van der Waals surface area contributed by atoms with Gasteiger partial charge in [-0.15, -0.1) is 0 Å². The summed E-state index contributed by atoms with van der Waals surface area (Å²) < 4.78 is 0. The lowest BCUT2D eigenvalue weighted by atomic mass is 10.1. The lowest BCUT2D eigenvalue weighted by Gasteiger charge is -2.35. The number of pyridine rings is 1. The fraction of sp³-hybridized carbons (Fsp3) is 0.294. The van der Waals surface area contributed by atoms with Crippen molar-refractivity contribution in [2.75, 3.05) is 31.1 Å². The van der Waals surface area contributed by atoms with Gasteiger partial charge < -0.3 is 15.0 Å². The Bertz CT molecular complexity index is 744. The first-order chi connectivity index (χ1) is 11.7. The smallest absolute Gasteiger partial charge is 0.363 e. The highest BCUT2D eigenvalue weighted by Crippen LogP contribution is 2.19. The summed E-state index contributed by atoms with van der Waals surface area (Å²) in [6.07, 6.45) is 1.56. The Kier molecular flexibility index (Phi) is 4.68. The third-order valence-electron chi connectivity index (χ3n) is 4.15. The van der Waals surface area contributed by atoms with Gasteiger partial charge in [0.2, 0.25) is 0 Å². The van der Waals surface area contributed by atoms with Gasteiger partial charge in [0, 0.05) is 38.8 Å². The van der Waals surface area contributed by atoms with E-state index in [1.807, 2.05) is 24.3 Å². The number of rotatable bonds is 4. The van der Waals surface area contributed by atoms with Crippen molar-refractivity contribution < 1.29 is 4.92 Å². The van der Waals surface area contributed by atoms with Crippen LogP contribution in [0.1, 0.15) is 11.1 Å². The van der Waals surface area contributed by atoms with Gasteiger partial charge >= 0.3 is 5.82 Å². The number of nitro groups is 1. The molecule has 0 saturated carbocycles. The number of nitrogens with zero attached hydrogens (tertiary/aromatic N) is 5. The Morgan fingerprint density at radius 3 is 2.38 bits per heavy atom. The topological polar surface area (TPSA) is 86.3 Å². The van der Waals surface area contributed by atoms with Crippen molar-refractivity contribution in [2.45, 2.75) is 6.54 Å². The fourth-order valence-corrected chi connectivity index (χ4v) is 2.78. The number of anilines is 1. The predicted octanol–water partition coefficient (Wildman–Crippen LogP) is 2.18. The molecular weight excluding hydrogens is 306 g/mol. The van der Waals surface area contributed by atoms with Crippen LogP contribution in [0.15, 0.2) is 42.6 Å². The van der Waals surface area contributed by atoms with Crippen LogP contribution in [0.4, 0.5) is 11.5 Å². The molecule has 0 atom stereocenters. The molecular formula is C17H17N5O2. The van der Waals surface area contributed by atoms with Crippen LogP contribution in [-0.4, -0.2) is 41.0 Å². The van der Waals surface area contributed by atoms with E-state index in [-0.39, 0.29) is 5.82 Å². The maximum Gasteiger partial charge on any atom is 0.363 e. The molecule has 7 nitrogen and oxygen atoms in total. The highest BCUT2D eigenvalue weighted by atomic mass is 16.6. The van der Waals surface area contributed by atoms with Crippen molar-refractivity contribution >= 4 is 11.5 Å². The minimum Gasteiger partial charge on any atom is -0.366 e. The standard InChI is InChI=1S/C17H17N5O2/c18-11-14-1-3-15(4-2-14)13-20-7-9-21(10-8-20)16-5-6-17(19-12-16)22(23)24/h1-6,12H,7-10,13H2. The van der Waals surface area contributed by atoms with Crippen molar-refractivity contribution in [2.24, 2.45) is 0 Å². The summed E-state index contributed by atoms with van der Waals surface area (Å²) in [6, 6.07) is 13.0. The lowest BCUT2D eigenvalue weighted by Crippen LogP contribution is -2.46. The van der Waals surface area contributed by atoms with Crippen molar-refractivity contribution in [1.82, 2.24) is 9.88 Å². The van der Waals surface area contributed by atoms with E-state index in [1.54, 1.807) is 12.3 Å². The Balaban J connectivity index is 1.55. The van der Waals surface area contributed by atoms with Crippen LogP contribution in [0.25, 0.3) is 0 Å². The molecule has 0 unspecified atom stereocenters. The largest absolute Gasteiger partial charge is 0.366 e. The summed E-state index contributed by atoms with van der Waals surface area (Å²) in [6.45, 7) is 4.40. The van der Waals surface area contributed by atoms with E-state index in [4.69, 9.17) is 5.26 Å². The molecule has 2 heterocycles. The van der Waals surface area contributed by atoms with Crippen LogP contribution < -0.4 is 4.90 Å². The summed E-state index contributed by atoms with van der Waals surface area (Å²) in [7, 11) is 0. The molecule has 0 radical (unpaired) electrons. The highest BCUT2D eigenvalue weighted by Gasteiger charge is 2.19. The van der Waals surface area contributed by atoms with Gasteiger partial charge in [0.15, 0.2) is 6.20 Å². The van der Waals surface area contributed by atoms with Gasteiger partial charge in [-0.2, -0.15) is 5.26 Å². The van der Waals surface area contributed by atoms with Gasteiger partial charge in [0.05, 0.1) is 17.3 Å². The average molecular weight is 323 g/mol. The minimum atomic E-state index is -0.487. The monoisotopic (exact) mass is 323 g/mol. The molecule has 0 aliphatic carbocycles. The maximum atomic E-state index is 10.7. The van der Waals surface area contributed by atoms with Crippen molar-refractivity contribution in [3.8, 4) is 6.07 Å². The number of benzene rings is 1. The summed E-state index contributed by atoms with van der Waals surface area (Å²) >= 11 is 0. The Morgan fingerprint density at radius 2 is 1.83 bits per heavy atom. The van der Waals surface area contributed by atoms with E-state index in [1.165, 1.54) is 11.6 Å². The summed E-state index contributed by atoms with van der Waals surface area (Å²) in [4.78, 5) is 18.6. The highest BCUT2D eigenvalue weighted by molar-refractivity contribution is 5.47. The number of piperazine rings is 1. The molecule has 0 spiro atoms. The Hall–Kier alpha value is -2.98. The molecule has 2 aromatic rings. The molecule has 1 aromatic carbocycles. The molecule has 7 heteroatoms. The maximum absolute atomic E-state index is 10.7. The lowest BCUT2D eigenvalue weighted by molar-refractivity contribution is -0.389. The van der Waals surface area contributed by atoms with Crippen LogP contribution in [0.2, 0.25) is 0 Å². The third-order valence-corrected chi connectivity index (χ3v) is 4.15. The molecule has 1 aliphatic heterocycles. The van der Waals surface area contributed by atoms with Crippen LogP contribution in [0.3, 0.4) is 0 Å². The molecule has 1 aliphatic rings. The molecule has 0 amide bonds. The van der Waals surface area contributed by atoms with Gasteiger partial charge in [0.25, 0.3) is 0 Å². The summed E-state index contributed by atoms with van der Waals surface area (Å²) in [5, 5.41) is 19.5. The van der Waals surface area contributed by atoms with E-state index in [0.717, 1.165) is 38.4 Å². The molecule has 0 N–H and O–H groups in total. The zero-order chi connectivity index (χ0) is 16.9. The van der Waals surface area contributed by atoms with Crippen LogP contribution in [-0.2, 0) is 6.54 Å². The number of nitriles is 1. The molecule has 1 aromatic heterocycles. The zero-order valence-corrected chi connectivity index (χ0v) is 13.1. The van der Waals surface area contributed by atoms with Crippen LogP contribution >= 0.6 is 0 Å². The first kappa shape index (κ1) is 15.9. The van der Waals surface area contributed by atoms with Gasteiger partial charge in [-0.1, -0.05) is 12.1 Å². The van der Waals surface area contributed by atoms with E-state index in [2.05, 4.69) is 20.9 Å². The van der Waals surface area contributed by atoms with Gasteiger partial charge in [-0.05, 0) is 33.7 Å². The molecule has 24 heavy (non-hydrogen) atoms. The van der Waals surface area contributed by atoms with Crippen molar-refractivity contribution in [3.63, 3.8) is 0 Å². The SMILES string of the molecule is N#Cc1ccc(CN2CCN(c3ccc([N+](=O)[O-])nc3)CC2)cc1. The Morgan fingerprint density at radius 1 is 1.12 bits per heavy atom. The second kappa shape index (κ2) is 7.06. The average Bonchev–Trinajstić information content (AvgIpc) is 2.63. The number of aromatic nitrogens is 1. The minimum absolute atomic E-state index is 0.127. The van der Waals surface area contributed by atoms with E-state index < -0.39 is 4.92 Å². The van der Waals surface area contributed by atoms with Gasteiger partial charge in [-0.3, -0.25) is 4.90 Å². The van der Waals surface area contributed by atoms with Crippen molar-refractivity contribution in [1.29, 1.82) is 5.26 Å². The third kappa shape index (κ3) is 3.67. The van der Waals surface area contributed by atoms with Crippen molar-refractivity contribution in [3.05, 3.63) is 63.8 Å². The second-order valence-corrected chi connectivity index (χ2v) is 5.70. The molecule has 0 bridgehead atoms. The fourth-order valence-electron chi connectivity index (χ4n) is 2.78. The van der Waals surface area contributed by atoms with Crippen LogP contribution in [0.5, 0.6) is 0 Å². The van der Waals surface area contributed by atoms with Gasteiger partial charge in [0.1, 0.15) is 0 Å². The molecule has 1 saturated heterocycles. The normalized spacial score (nSPS) is 15.0. The second-order valence-electron chi connectivity index (χ2n) is 5.70. The molecule has 122 valence electrons. The summed E-state index contributed by atoms with van der Waals surface area (Å²) in [5.41, 5.74) is 2.78. The molecule has 3 rings (SSSR count). The van der Waals surface area contributed by atoms with E-state index in [9.17, 15) is 10.1 Å². The van der Waals surface area contributed by atoms with E-state index in [0.29, 0.717) is 5.56 Å². The molecule has 1 fully saturated rings. The van der Waals surface area contributed by atoms with E-state index >= 15 is 0 Å². The zero-order valence-electron chi connectivity index (χ0n) is 13.1. The summed E-state index contributed by atoms with van der Waals surface area (Å²) in [5.74, 6) is -0.127.